The summed E-state index contributed by atoms with van der Waals surface area (Å²) in [6.07, 6.45) is 2.96. The molecule has 0 heterocycles. The first-order valence-electron chi connectivity index (χ1n) is 7.36. The SMILES string of the molecule is Cc1ccc(/C=C/C(=O)NNC(=O)CSc2ccccc2F)c(Br)c1. The molecular formula is C18H16BrFN2O2S. The average Bonchev–Trinajstić information content (AvgIpc) is 2.58. The molecule has 0 fully saturated rings. The third kappa shape index (κ3) is 6.36. The molecule has 0 saturated carbocycles. The smallest absolute Gasteiger partial charge is 0.262 e. The lowest BCUT2D eigenvalue weighted by Crippen LogP contribution is -2.41. The highest BCUT2D eigenvalue weighted by Crippen LogP contribution is 2.21. The quantitative estimate of drug-likeness (QED) is 0.437. The van der Waals surface area contributed by atoms with Crippen molar-refractivity contribution in [2.45, 2.75) is 11.8 Å². The minimum atomic E-state index is -0.461. The Kier molecular flexibility index (Phi) is 7.21. The number of thioether (sulfide) groups is 1. The number of carbonyl (C=O) groups is 2. The van der Waals surface area contributed by atoms with E-state index in [4.69, 9.17) is 0 Å². The Morgan fingerprint density at radius 2 is 1.96 bits per heavy atom. The van der Waals surface area contributed by atoms with Crippen LogP contribution in [0, 0.1) is 12.7 Å². The second-order valence-electron chi connectivity index (χ2n) is 5.11. The van der Waals surface area contributed by atoms with Crippen LogP contribution in [-0.4, -0.2) is 17.6 Å². The standard InChI is InChI=1S/C18H16BrFN2O2S/c1-12-6-7-13(14(19)10-12)8-9-17(23)21-22-18(24)11-25-16-5-3-2-4-15(16)20/h2-10H,11H2,1H3,(H,21,23)(H,22,24)/b9-8+. The molecule has 2 N–H and O–H groups in total. The summed E-state index contributed by atoms with van der Waals surface area (Å²) >= 11 is 4.48. The number of amides is 2. The van der Waals surface area contributed by atoms with Crippen LogP contribution >= 0.6 is 27.7 Å². The molecule has 0 bridgehead atoms. The van der Waals surface area contributed by atoms with Gasteiger partial charge in [0.1, 0.15) is 5.82 Å². The minimum Gasteiger partial charge on any atom is -0.272 e. The van der Waals surface area contributed by atoms with Crippen molar-refractivity contribution in [3.05, 3.63) is 70.0 Å². The summed E-state index contributed by atoms with van der Waals surface area (Å²) in [6, 6.07) is 12.0. The normalized spacial score (nSPS) is 10.7. The Bertz CT molecular complexity index is 811. The lowest BCUT2D eigenvalue weighted by molar-refractivity contribution is -0.125. The zero-order valence-electron chi connectivity index (χ0n) is 13.4. The van der Waals surface area contributed by atoms with Crippen molar-refractivity contribution in [3.63, 3.8) is 0 Å². The van der Waals surface area contributed by atoms with Gasteiger partial charge in [-0.15, -0.1) is 11.8 Å². The van der Waals surface area contributed by atoms with E-state index in [2.05, 4.69) is 26.8 Å². The highest BCUT2D eigenvalue weighted by atomic mass is 79.9. The molecule has 0 aliphatic rings. The molecule has 0 radical (unpaired) electrons. The summed E-state index contributed by atoms with van der Waals surface area (Å²) < 4.78 is 14.3. The van der Waals surface area contributed by atoms with Crippen LogP contribution in [0.1, 0.15) is 11.1 Å². The molecule has 0 aliphatic carbocycles. The maximum atomic E-state index is 13.4. The molecule has 2 amide bonds. The Morgan fingerprint density at radius 3 is 2.68 bits per heavy atom. The summed E-state index contributed by atoms with van der Waals surface area (Å²) in [5, 5.41) is 0. The molecule has 0 aliphatic heterocycles. The molecule has 0 atom stereocenters. The fourth-order valence-corrected chi connectivity index (χ4v) is 3.21. The van der Waals surface area contributed by atoms with Crippen molar-refractivity contribution in [3.8, 4) is 0 Å². The summed E-state index contributed by atoms with van der Waals surface area (Å²) in [5.74, 6) is -1.27. The number of nitrogens with one attached hydrogen (secondary N) is 2. The molecule has 130 valence electrons. The van der Waals surface area contributed by atoms with E-state index in [1.54, 1.807) is 24.3 Å². The molecule has 2 aromatic rings. The van der Waals surface area contributed by atoms with Gasteiger partial charge in [-0.05, 0) is 42.3 Å². The van der Waals surface area contributed by atoms with E-state index in [1.165, 1.54) is 12.1 Å². The molecule has 0 spiro atoms. The van der Waals surface area contributed by atoms with Crippen LogP contribution in [0.5, 0.6) is 0 Å². The molecule has 4 nitrogen and oxygen atoms in total. The second-order valence-corrected chi connectivity index (χ2v) is 6.99. The number of hydrogen-bond donors (Lipinski definition) is 2. The van der Waals surface area contributed by atoms with Gasteiger partial charge in [0.2, 0.25) is 5.91 Å². The van der Waals surface area contributed by atoms with Crippen LogP contribution in [0.4, 0.5) is 4.39 Å². The third-order valence-electron chi connectivity index (χ3n) is 3.09. The van der Waals surface area contributed by atoms with Gasteiger partial charge in [0, 0.05) is 15.4 Å². The first-order chi connectivity index (χ1) is 12.0. The maximum Gasteiger partial charge on any atom is 0.262 e. The van der Waals surface area contributed by atoms with E-state index >= 15 is 0 Å². The molecule has 7 heteroatoms. The lowest BCUT2D eigenvalue weighted by atomic mass is 10.1. The summed E-state index contributed by atoms with van der Waals surface area (Å²) in [4.78, 5) is 23.8. The van der Waals surface area contributed by atoms with Crippen molar-refractivity contribution in [1.29, 1.82) is 0 Å². The molecule has 25 heavy (non-hydrogen) atoms. The van der Waals surface area contributed by atoms with Gasteiger partial charge in [-0.2, -0.15) is 0 Å². The number of hydrazine groups is 1. The van der Waals surface area contributed by atoms with Gasteiger partial charge in [0.25, 0.3) is 5.91 Å². The predicted molar refractivity (Wildman–Crippen MR) is 101 cm³/mol. The van der Waals surface area contributed by atoms with Crippen molar-refractivity contribution >= 4 is 45.6 Å². The zero-order chi connectivity index (χ0) is 18.2. The predicted octanol–water partition coefficient (Wildman–Crippen LogP) is 3.85. The summed E-state index contributed by atoms with van der Waals surface area (Å²) in [7, 11) is 0. The van der Waals surface area contributed by atoms with Gasteiger partial charge < -0.3 is 0 Å². The minimum absolute atomic E-state index is 0.00552. The Hall–Kier alpha value is -2.12. The highest BCUT2D eigenvalue weighted by Gasteiger charge is 2.07. The first kappa shape index (κ1) is 19.2. The Labute approximate surface area is 158 Å². The van der Waals surface area contributed by atoms with E-state index in [1.807, 2.05) is 25.1 Å². The number of halogens is 2. The van der Waals surface area contributed by atoms with Crippen molar-refractivity contribution in [1.82, 2.24) is 10.9 Å². The van der Waals surface area contributed by atoms with Crippen molar-refractivity contribution in [2.24, 2.45) is 0 Å². The zero-order valence-corrected chi connectivity index (χ0v) is 15.8. The molecule has 2 rings (SSSR count). The summed E-state index contributed by atoms with van der Waals surface area (Å²) in [5.41, 5.74) is 6.53. The third-order valence-corrected chi connectivity index (χ3v) is 4.83. The number of benzene rings is 2. The Balaban J connectivity index is 1.78. The van der Waals surface area contributed by atoms with Crippen LogP contribution in [0.2, 0.25) is 0 Å². The van der Waals surface area contributed by atoms with Crippen molar-refractivity contribution < 1.29 is 14.0 Å². The number of hydrogen-bond acceptors (Lipinski definition) is 3. The molecule has 0 saturated heterocycles. The lowest BCUT2D eigenvalue weighted by Gasteiger charge is -2.06. The van der Waals surface area contributed by atoms with Gasteiger partial charge in [-0.25, -0.2) is 4.39 Å². The van der Waals surface area contributed by atoms with E-state index in [9.17, 15) is 14.0 Å². The average molecular weight is 423 g/mol. The maximum absolute atomic E-state index is 13.4. The summed E-state index contributed by atoms with van der Waals surface area (Å²) in [6.45, 7) is 1.97. The topological polar surface area (TPSA) is 58.2 Å². The first-order valence-corrected chi connectivity index (χ1v) is 9.14. The van der Waals surface area contributed by atoms with Crippen LogP contribution in [0.25, 0.3) is 6.08 Å². The van der Waals surface area contributed by atoms with Gasteiger partial charge >= 0.3 is 0 Å². The van der Waals surface area contributed by atoms with Crippen LogP contribution in [0.15, 0.2) is 57.9 Å². The number of aryl methyl sites for hydroxylation is 1. The number of rotatable bonds is 5. The molecule has 2 aromatic carbocycles. The van der Waals surface area contributed by atoms with Gasteiger partial charge in [-0.1, -0.05) is 40.2 Å². The van der Waals surface area contributed by atoms with Crippen LogP contribution < -0.4 is 10.9 Å². The molecular weight excluding hydrogens is 407 g/mol. The van der Waals surface area contributed by atoms with Gasteiger partial charge in [0.15, 0.2) is 0 Å². The van der Waals surface area contributed by atoms with E-state index in [0.717, 1.165) is 27.4 Å². The van der Waals surface area contributed by atoms with E-state index < -0.39 is 11.8 Å². The van der Waals surface area contributed by atoms with Gasteiger partial charge in [-0.3, -0.25) is 20.4 Å². The molecule has 0 aromatic heterocycles. The Morgan fingerprint density at radius 1 is 1.20 bits per heavy atom. The van der Waals surface area contributed by atoms with E-state index in [-0.39, 0.29) is 11.6 Å². The van der Waals surface area contributed by atoms with Crippen molar-refractivity contribution in [2.75, 3.05) is 5.75 Å². The second kappa shape index (κ2) is 9.39. The monoisotopic (exact) mass is 422 g/mol. The molecule has 0 unspecified atom stereocenters. The fourth-order valence-electron chi connectivity index (χ4n) is 1.85. The largest absolute Gasteiger partial charge is 0.272 e. The van der Waals surface area contributed by atoms with E-state index in [0.29, 0.717) is 4.90 Å². The van der Waals surface area contributed by atoms with Crippen LogP contribution in [0.3, 0.4) is 0 Å². The fraction of sp³-hybridized carbons (Fsp3) is 0.111. The van der Waals surface area contributed by atoms with Crippen LogP contribution in [-0.2, 0) is 9.59 Å². The number of carbonyl (C=O) groups excluding carboxylic acids is 2. The highest BCUT2D eigenvalue weighted by molar-refractivity contribution is 9.10. The van der Waals surface area contributed by atoms with Gasteiger partial charge in [0.05, 0.1) is 5.75 Å².